The molecule has 4 rings (SSSR count). The van der Waals surface area contributed by atoms with Gasteiger partial charge in [0.15, 0.2) is 11.6 Å². The maximum absolute atomic E-state index is 13.3. The van der Waals surface area contributed by atoms with Crippen LogP contribution in [-0.2, 0) is 10.0 Å². The Kier molecular flexibility index (Phi) is 8.29. The Balaban J connectivity index is 1.79. The summed E-state index contributed by atoms with van der Waals surface area (Å²) in [7, 11) is -4.36. The number of amides is 1. The largest absolute Gasteiger partial charge is 0.468 e. The summed E-state index contributed by atoms with van der Waals surface area (Å²) in [5.74, 6) is -1.30. The lowest BCUT2D eigenvalue weighted by Gasteiger charge is -2.17. The summed E-state index contributed by atoms with van der Waals surface area (Å²) in [4.78, 5) is 25.5. The molecule has 0 aliphatic carbocycles. The van der Waals surface area contributed by atoms with Crippen LogP contribution in [0.25, 0.3) is 11.3 Å². The van der Waals surface area contributed by atoms with Gasteiger partial charge in [0.2, 0.25) is 11.8 Å². The normalized spacial score (nSPS) is 11.7. The van der Waals surface area contributed by atoms with Crippen molar-refractivity contribution in [1.82, 2.24) is 19.7 Å². The molecule has 0 radical (unpaired) electrons. The molecular weight excluding hydrogens is 561 g/mol. The highest BCUT2D eigenvalue weighted by Crippen LogP contribution is 2.34. The lowest BCUT2D eigenvalue weighted by molar-refractivity contribution is -0.154. The van der Waals surface area contributed by atoms with E-state index < -0.39 is 28.7 Å². The first-order valence-electron chi connectivity index (χ1n) is 12.2. The van der Waals surface area contributed by atoms with Crippen molar-refractivity contribution < 1.29 is 35.9 Å². The molecule has 0 bridgehead atoms. The Morgan fingerprint density at radius 3 is 2.29 bits per heavy atom. The van der Waals surface area contributed by atoms with Crippen molar-refractivity contribution in [3.05, 3.63) is 88.7 Å². The standard InChI is InChI=1S/C28H25F3N4O5S/c1-16-13-17(2)24(18(3)14-16)40-27-21(25(36)35-41(37,38)23-9-5-7-19(4)33-23)10-11-22(34-27)20-8-6-12-32-26(20)39-15-28(29,30)31/h5-14H,15H2,1-4H3,(H,35,36). The molecule has 1 amide bonds. The molecule has 9 nitrogen and oxygen atoms in total. The van der Waals surface area contributed by atoms with Gasteiger partial charge in [-0.25, -0.2) is 19.7 Å². The molecule has 0 spiro atoms. The fraction of sp³-hybridized carbons (Fsp3) is 0.214. The summed E-state index contributed by atoms with van der Waals surface area (Å²) in [5, 5.41) is -0.357. The minimum Gasteiger partial charge on any atom is -0.468 e. The minimum absolute atomic E-state index is 0.0763. The van der Waals surface area contributed by atoms with Crippen LogP contribution >= 0.6 is 0 Å². The van der Waals surface area contributed by atoms with Gasteiger partial charge >= 0.3 is 6.18 Å². The molecule has 41 heavy (non-hydrogen) atoms. The first-order valence-corrected chi connectivity index (χ1v) is 13.6. The topological polar surface area (TPSA) is 120 Å². The van der Waals surface area contributed by atoms with E-state index in [1.165, 1.54) is 42.6 Å². The SMILES string of the molecule is Cc1cc(C)c(Oc2nc(-c3cccnc3OCC(F)(F)F)ccc2C(=O)NS(=O)(=O)c2cccc(C)n2)c(C)c1. The number of hydrogen-bond donors (Lipinski definition) is 1. The molecule has 0 aliphatic rings. The average molecular weight is 587 g/mol. The van der Waals surface area contributed by atoms with Crippen LogP contribution in [0.1, 0.15) is 32.7 Å². The van der Waals surface area contributed by atoms with Crippen molar-refractivity contribution in [1.29, 1.82) is 0 Å². The van der Waals surface area contributed by atoms with E-state index in [0.717, 1.165) is 5.56 Å². The Labute approximate surface area is 234 Å². The van der Waals surface area contributed by atoms with Gasteiger partial charge < -0.3 is 9.47 Å². The fourth-order valence-electron chi connectivity index (χ4n) is 4.01. The highest BCUT2D eigenvalue weighted by molar-refractivity contribution is 7.90. The molecule has 3 heterocycles. The van der Waals surface area contributed by atoms with Crippen LogP contribution in [0.5, 0.6) is 17.5 Å². The zero-order chi connectivity index (χ0) is 29.9. The van der Waals surface area contributed by atoms with E-state index in [0.29, 0.717) is 22.6 Å². The van der Waals surface area contributed by atoms with Gasteiger partial charge in [0.05, 0.1) is 11.3 Å². The first kappa shape index (κ1) is 29.5. The van der Waals surface area contributed by atoms with Gasteiger partial charge in [0, 0.05) is 11.9 Å². The van der Waals surface area contributed by atoms with Gasteiger partial charge in [-0.15, -0.1) is 0 Å². The summed E-state index contributed by atoms with van der Waals surface area (Å²) in [6.07, 6.45) is -3.34. The van der Waals surface area contributed by atoms with Gasteiger partial charge in [0.25, 0.3) is 15.9 Å². The number of halogens is 3. The van der Waals surface area contributed by atoms with Crippen LogP contribution < -0.4 is 14.2 Å². The highest BCUT2D eigenvalue weighted by Gasteiger charge is 2.30. The number of sulfonamides is 1. The highest BCUT2D eigenvalue weighted by atomic mass is 32.2. The van der Waals surface area contributed by atoms with Crippen LogP contribution in [0.3, 0.4) is 0 Å². The van der Waals surface area contributed by atoms with E-state index in [1.807, 2.05) is 23.8 Å². The summed E-state index contributed by atoms with van der Waals surface area (Å²) in [5.41, 5.74) is 2.76. The van der Waals surface area contributed by atoms with Crippen molar-refractivity contribution in [2.45, 2.75) is 38.9 Å². The lowest BCUT2D eigenvalue weighted by Crippen LogP contribution is -2.31. The van der Waals surface area contributed by atoms with Crippen molar-refractivity contribution in [3.8, 4) is 28.8 Å². The molecule has 4 aromatic rings. The maximum Gasteiger partial charge on any atom is 0.422 e. The molecule has 0 unspecified atom stereocenters. The average Bonchev–Trinajstić information content (AvgIpc) is 2.89. The second-order valence-electron chi connectivity index (χ2n) is 9.19. The number of ether oxygens (including phenoxy) is 2. The summed E-state index contributed by atoms with van der Waals surface area (Å²) in [6, 6.07) is 13.5. The zero-order valence-electron chi connectivity index (χ0n) is 22.4. The Hall–Kier alpha value is -4.52. The predicted octanol–water partition coefficient (Wildman–Crippen LogP) is 5.62. The minimum atomic E-state index is -4.60. The van der Waals surface area contributed by atoms with Crippen molar-refractivity contribution >= 4 is 15.9 Å². The lowest BCUT2D eigenvalue weighted by atomic mass is 10.1. The van der Waals surface area contributed by atoms with Gasteiger partial charge in [-0.2, -0.15) is 21.6 Å². The maximum atomic E-state index is 13.3. The fourth-order valence-corrected chi connectivity index (χ4v) is 4.99. The van der Waals surface area contributed by atoms with Crippen LogP contribution in [0, 0.1) is 27.7 Å². The molecular formula is C28H25F3N4O5S. The number of aromatic nitrogens is 3. The molecule has 0 saturated heterocycles. The van der Waals surface area contributed by atoms with E-state index in [-0.39, 0.29) is 33.6 Å². The van der Waals surface area contributed by atoms with E-state index in [4.69, 9.17) is 9.47 Å². The van der Waals surface area contributed by atoms with Gasteiger partial charge in [-0.3, -0.25) is 4.79 Å². The van der Waals surface area contributed by atoms with E-state index in [2.05, 4.69) is 15.0 Å². The van der Waals surface area contributed by atoms with E-state index in [1.54, 1.807) is 26.8 Å². The Morgan fingerprint density at radius 2 is 1.63 bits per heavy atom. The second-order valence-corrected chi connectivity index (χ2v) is 10.8. The molecule has 1 N–H and O–H groups in total. The number of carbonyl (C=O) groups is 1. The molecule has 0 aliphatic heterocycles. The molecule has 1 aromatic carbocycles. The third-order valence-electron chi connectivity index (χ3n) is 5.69. The molecule has 3 aromatic heterocycles. The van der Waals surface area contributed by atoms with Crippen LogP contribution in [-0.4, -0.2) is 42.1 Å². The Bertz CT molecular complexity index is 1700. The number of rotatable bonds is 8. The molecule has 0 fully saturated rings. The molecule has 0 saturated carbocycles. The smallest absolute Gasteiger partial charge is 0.422 e. The summed E-state index contributed by atoms with van der Waals surface area (Å²) < 4.78 is 77.2. The number of nitrogens with one attached hydrogen (secondary N) is 1. The van der Waals surface area contributed by atoms with Gasteiger partial charge in [-0.05, 0) is 75.2 Å². The quantitative estimate of drug-likeness (QED) is 0.282. The number of benzene rings is 1. The number of hydrogen-bond acceptors (Lipinski definition) is 8. The Morgan fingerprint density at radius 1 is 0.927 bits per heavy atom. The van der Waals surface area contributed by atoms with Crippen LogP contribution in [0.4, 0.5) is 13.2 Å². The van der Waals surface area contributed by atoms with Crippen molar-refractivity contribution in [3.63, 3.8) is 0 Å². The number of alkyl halides is 3. The number of aryl methyl sites for hydroxylation is 4. The number of nitrogens with zero attached hydrogens (tertiary/aromatic N) is 3. The van der Waals surface area contributed by atoms with Crippen LogP contribution in [0.2, 0.25) is 0 Å². The molecule has 214 valence electrons. The predicted molar refractivity (Wildman–Crippen MR) is 143 cm³/mol. The number of carbonyl (C=O) groups excluding carboxylic acids is 1. The van der Waals surface area contributed by atoms with Crippen molar-refractivity contribution in [2.24, 2.45) is 0 Å². The molecule has 13 heteroatoms. The number of pyridine rings is 3. The summed E-state index contributed by atoms with van der Waals surface area (Å²) >= 11 is 0. The van der Waals surface area contributed by atoms with Gasteiger partial charge in [-0.1, -0.05) is 23.8 Å². The summed E-state index contributed by atoms with van der Waals surface area (Å²) in [6.45, 7) is 5.50. The van der Waals surface area contributed by atoms with Crippen LogP contribution in [0.15, 0.2) is 65.8 Å². The van der Waals surface area contributed by atoms with E-state index in [9.17, 15) is 26.4 Å². The third kappa shape index (κ3) is 7.17. The second kappa shape index (κ2) is 11.5. The molecule has 0 atom stereocenters. The monoisotopic (exact) mass is 586 g/mol. The van der Waals surface area contributed by atoms with Gasteiger partial charge in [0.1, 0.15) is 11.3 Å². The third-order valence-corrected chi connectivity index (χ3v) is 6.93. The first-order chi connectivity index (χ1) is 19.2. The zero-order valence-corrected chi connectivity index (χ0v) is 23.2. The van der Waals surface area contributed by atoms with Crippen molar-refractivity contribution in [2.75, 3.05) is 6.61 Å². The van der Waals surface area contributed by atoms with E-state index >= 15 is 0 Å².